The van der Waals surface area contributed by atoms with Gasteiger partial charge in [0.25, 0.3) is 0 Å². The molecule has 4 aromatic rings. The number of hydrogen-bond acceptors (Lipinski definition) is 2. The lowest BCUT2D eigenvalue weighted by Crippen LogP contribution is -2.35. The minimum absolute atomic E-state index is 0.134. The van der Waals surface area contributed by atoms with Crippen LogP contribution in [-0.4, -0.2) is 22.6 Å². The number of amides is 2. The number of anilines is 1. The van der Waals surface area contributed by atoms with Gasteiger partial charge >= 0.3 is 6.03 Å². The number of methoxy groups -OCH3 is 1. The standard InChI is InChI=1S/C26H22F3N3O2/c1-34-22-11-5-9-20(15-22)32-12-6-10-21(32)17-31(16-18-7-3-2-4-8-18)26(33)30-25-23(28)13-19(27)14-24(25)29/h2-15H,16-17H2,1H3,(H,30,33). The Morgan fingerprint density at radius 3 is 2.35 bits per heavy atom. The van der Waals surface area contributed by atoms with E-state index in [9.17, 15) is 18.0 Å². The Morgan fingerprint density at radius 1 is 0.912 bits per heavy atom. The van der Waals surface area contributed by atoms with Gasteiger partial charge in [0.2, 0.25) is 0 Å². The Kier molecular flexibility index (Phi) is 6.87. The van der Waals surface area contributed by atoms with Gasteiger partial charge in [0.1, 0.15) is 17.3 Å². The molecule has 1 N–H and O–H groups in total. The normalized spacial score (nSPS) is 10.7. The monoisotopic (exact) mass is 465 g/mol. The van der Waals surface area contributed by atoms with Crippen molar-refractivity contribution in [1.29, 1.82) is 0 Å². The number of nitrogens with one attached hydrogen (secondary N) is 1. The lowest BCUT2D eigenvalue weighted by Gasteiger charge is -2.24. The Morgan fingerprint density at radius 2 is 1.65 bits per heavy atom. The highest BCUT2D eigenvalue weighted by atomic mass is 19.1. The highest BCUT2D eigenvalue weighted by Crippen LogP contribution is 2.23. The fraction of sp³-hybridized carbons (Fsp3) is 0.115. The van der Waals surface area contributed by atoms with Crippen LogP contribution < -0.4 is 10.1 Å². The lowest BCUT2D eigenvalue weighted by molar-refractivity contribution is 0.205. The van der Waals surface area contributed by atoms with E-state index in [1.807, 2.05) is 77.5 Å². The summed E-state index contributed by atoms with van der Waals surface area (Å²) in [5.41, 5.74) is 1.72. The highest BCUT2D eigenvalue weighted by Gasteiger charge is 2.21. The molecule has 174 valence electrons. The van der Waals surface area contributed by atoms with Crippen molar-refractivity contribution in [3.8, 4) is 11.4 Å². The Labute approximate surface area is 195 Å². The molecule has 2 amide bonds. The summed E-state index contributed by atoms with van der Waals surface area (Å²) in [5, 5.41) is 2.26. The molecule has 0 aliphatic rings. The molecule has 0 fully saturated rings. The van der Waals surface area contributed by atoms with Crippen LogP contribution >= 0.6 is 0 Å². The first-order valence-electron chi connectivity index (χ1n) is 10.5. The van der Waals surface area contributed by atoms with Gasteiger partial charge in [-0.3, -0.25) is 0 Å². The van der Waals surface area contributed by atoms with Crippen LogP contribution in [0.4, 0.5) is 23.7 Å². The Bertz CT molecular complexity index is 1270. The molecule has 1 aromatic heterocycles. The summed E-state index contributed by atoms with van der Waals surface area (Å²) in [4.78, 5) is 14.6. The van der Waals surface area contributed by atoms with Crippen molar-refractivity contribution in [1.82, 2.24) is 9.47 Å². The second-order valence-corrected chi connectivity index (χ2v) is 7.59. The molecule has 0 bridgehead atoms. The lowest BCUT2D eigenvalue weighted by atomic mass is 10.2. The second kappa shape index (κ2) is 10.2. The molecule has 0 saturated heterocycles. The summed E-state index contributed by atoms with van der Waals surface area (Å²) in [6.45, 7) is 0.315. The molecule has 34 heavy (non-hydrogen) atoms. The molecular formula is C26H22F3N3O2. The maximum atomic E-state index is 14.2. The molecule has 5 nitrogen and oxygen atoms in total. The van der Waals surface area contributed by atoms with Crippen LogP contribution in [0.3, 0.4) is 0 Å². The summed E-state index contributed by atoms with van der Waals surface area (Å²) in [6, 6.07) is 20.7. The van der Waals surface area contributed by atoms with E-state index in [-0.39, 0.29) is 13.1 Å². The highest BCUT2D eigenvalue weighted by molar-refractivity contribution is 5.89. The van der Waals surface area contributed by atoms with Gasteiger partial charge < -0.3 is 19.5 Å². The first kappa shape index (κ1) is 23.0. The van der Waals surface area contributed by atoms with Crippen LogP contribution in [0.2, 0.25) is 0 Å². The minimum atomic E-state index is -1.19. The zero-order valence-corrected chi connectivity index (χ0v) is 18.3. The van der Waals surface area contributed by atoms with E-state index in [0.29, 0.717) is 17.9 Å². The average Bonchev–Trinajstić information content (AvgIpc) is 3.30. The largest absolute Gasteiger partial charge is 0.497 e. The number of urea groups is 1. The van der Waals surface area contributed by atoms with Crippen LogP contribution in [-0.2, 0) is 13.1 Å². The first-order valence-corrected chi connectivity index (χ1v) is 10.5. The van der Waals surface area contributed by atoms with Crippen LogP contribution in [0.25, 0.3) is 5.69 Å². The van der Waals surface area contributed by atoms with Gasteiger partial charge in [0.15, 0.2) is 11.6 Å². The van der Waals surface area contributed by atoms with Gasteiger partial charge in [-0.1, -0.05) is 36.4 Å². The van der Waals surface area contributed by atoms with Crippen LogP contribution in [0.5, 0.6) is 5.75 Å². The summed E-state index contributed by atoms with van der Waals surface area (Å²) in [5.74, 6) is -2.76. The van der Waals surface area contributed by atoms with Gasteiger partial charge in [0.05, 0.1) is 13.7 Å². The average molecular weight is 465 g/mol. The van der Waals surface area contributed by atoms with Crippen LogP contribution in [0, 0.1) is 17.5 Å². The molecule has 0 aliphatic heterocycles. The number of ether oxygens (including phenoxy) is 1. The van der Waals surface area contributed by atoms with Crippen molar-refractivity contribution in [3.05, 3.63) is 114 Å². The maximum Gasteiger partial charge on any atom is 0.322 e. The number of carbonyl (C=O) groups excluding carboxylic acids is 1. The number of rotatable bonds is 7. The molecule has 0 aliphatic carbocycles. The molecular weight excluding hydrogens is 443 g/mol. The smallest absolute Gasteiger partial charge is 0.322 e. The van der Waals surface area contributed by atoms with E-state index >= 15 is 0 Å². The fourth-order valence-electron chi connectivity index (χ4n) is 3.60. The molecule has 3 aromatic carbocycles. The molecule has 8 heteroatoms. The number of carbonyl (C=O) groups is 1. The molecule has 1 heterocycles. The second-order valence-electron chi connectivity index (χ2n) is 7.59. The predicted octanol–water partition coefficient (Wildman–Crippen LogP) is 6.14. The summed E-state index contributed by atoms with van der Waals surface area (Å²) >= 11 is 0. The van der Waals surface area contributed by atoms with E-state index in [4.69, 9.17) is 4.74 Å². The van der Waals surface area contributed by atoms with Crippen LogP contribution in [0.1, 0.15) is 11.3 Å². The Hall–Kier alpha value is -4.20. The van der Waals surface area contributed by atoms with E-state index in [1.54, 1.807) is 7.11 Å². The van der Waals surface area contributed by atoms with Crippen molar-refractivity contribution >= 4 is 11.7 Å². The van der Waals surface area contributed by atoms with E-state index in [1.165, 1.54) is 4.90 Å². The number of nitrogens with zero attached hydrogens (tertiary/aromatic N) is 2. The molecule has 0 saturated carbocycles. The number of aromatic nitrogens is 1. The number of benzene rings is 3. The quantitative estimate of drug-likeness (QED) is 0.357. The van der Waals surface area contributed by atoms with Gasteiger partial charge in [-0.05, 0) is 29.8 Å². The third-order valence-corrected chi connectivity index (χ3v) is 5.26. The summed E-state index contributed by atoms with van der Waals surface area (Å²) in [6.07, 6.45) is 1.85. The van der Waals surface area contributed by atoms with Gasteiger partial charge in [-0.2, -0.15) is 0 Å². The molecule has 0 unspecified atom stereocenters. The fourth-order valence-corrected chi connectivity index (χ4v) is 3.60. The molecule has 0 atom stereocenters. The SMILES string of the molecule is COc1cccc(-n2cccc2CN(Cc2ccccc2)C(=O)Nc2c(F)cc(F)cc2F)c1. The third kappa shape index (κ3) is 5.23. The van der Waals surface area contributed by atoms with Crippen molar-refractivity contribution in [2.75, 3.05) is 12.4 Å². The van der Waals surface area contributed by atoms with Crippen molar-refractivity contribution < 1.29 is 22.7 Å². The van der Waals surface area contributed by atoms with Gasteiger partial charge in [-0.25, -0.2) is 18.0 Å². The first-order chi connectivity index (χ1) is 16.4. The summed E-state index contributed by atoms with van der Waals surface area (Å²) in [7, 11) is 1.58. The van der Waals surface area contributed by atoms with E-state index in [2.05, 4.69) is 5.32 Å². The maximum absolute atomic E-state index is 14.2. The molecule has 0 spiro atoms. The summed E-state index contributed by atoms with van der Waals surface area (Å²) < 4.78 is 48.8. The topological polar surface area (TPSA) is 46.5 Å². The van der Waals surface area contributed by atoms with Gasteiger partial charge in [-0.15, -0.1) is 0 Å². The van der Waals surface area contributed by atoms with Crippen molar-refractivity contribution in [2.45, 2.75) is 13.1 Å². The van der Waals surface area contributed by atoms with Crippen molar-refractivity contribution in [3.63, 3.8) is 0 Å². The predicted molar refractivity (Wildman–Crippen MR) is 123 cm³/mol. The minimum Gasteiger partial charge on any atom is -0.497 e. The zero-order valence-electron chi connectivity index (χ0n) is 18.3. The third-order valence-electron chi connectivity index (χ3n) is 5.26. The molecule has 4 rings (SSSR count). The zero-order chi connectivity index (χ0) is 24.1. The van der Waals surface area contributed by atoms with Crippen molar-refractivity contribution in [2.24, 2.45) is 0 Å². The van der Waals surface area contributed by atoms with E-state index in [0.717, 1.165) is 16.9 Å². The van der Waals surface area contributed by atoms with Gasteiger partial charge in [0, 0.05) is 42.3 Å². The molecule has 0 radical (unpaired) electrons. The van der Waals surface area contributed by atoms with E-state index < -0.39 is 29.2 Å². The Balaban J connectivity index is 1.64. The number of hydrogen-bond donors (Lipinski definition) is 1. The number of halogens is 3. The van der Waals surface area contributed by atoms with Crippen LogP contribution in [0.15, 0.2) is 85.1 Å².